The molecule has 2 heterocycles. The van der Waals surface area contributed by atoms with E-state index in [1.807, 2.05) is 0 Å². The van der Waals surface area contributed by atoms with Gasteiger partial charge in [-0.3, -0.25) is 0 Å². The molecular formula is C60H59N5. The number of nitrogens with one attached hydrogen (secondary N) is 3. The topological polar surface area (TPSA) is 77.2 Å². The smallest absolute Gasteiger partial charge is 0.0635 e. The molecule has 7 aliphatic rings. The van der Waals surface area contributed by atoms with Crippen molar-refractivity contribution < 1.29 is 0 Å². The number of allylic oxidation sites excluding steroid dienone is 13. The summed E-state index contributed by atoms with van der Waals surface area (Å²) in [7, 11) is 0. The molecule has 1 saturated carbocycles. The Morgan fingerprint density at radius 3 is 2.34 bits per heavy atom. The van der Waals surface area contributed by atoms with E-state index in [0.717, 1.165) is 43.5 Å². The van der Waals surface area contributed by atoms with Crippen molar-refractivity contribution in [1.29, 1.82) is 5.41 Å². The van der Waals surface area contributed by atoms with Gasteiger partial charge in [-0.1, -0.05) is 188 Å². The van der Waals surface area contributed by atoms with Crippen LogP contribution in [-0.2, 0) is 0 Å². The molecule has 0 amide bonds. The maximum absolute atomic E-state index is 8.67. The van der Waals surface area contributed by atoms with Crippen LogP contribution in [0.1, 0.15) is 83.7 Å². The van der Waals surface area contributed by atoms with Crippen LogP contribution in [0.2, 0.25) is 0 Å². The number of nitrogens with two attached hydrogens (primary N) is 1. The second-order valence-electron chi connectivity index (χ2n) is 18.8. The van der Waals surface area contributed by atoms with Gasteiger partial charge in [0.05, 0.1) is 12.1 Å². The summed E-state index contributed by atoms with van der Waals surface area (Å²) in [5, 5.41) is 16.8. The molecule has 0 saturated heterocycles. The first-order chi connectivity index (χ1) is 32.1. The molecule has 0 bridgehead atoms. The lowest BCUT2D eigenvalue weighted by Gasteiger charge is -2.39. The van der Waals surface area contributed by atoms with Crippen molar-refractivity contribution in [2.75, 3.05) is 11.4 Å². The van der Waals surface area contributed by atoms with Gasteiger partial charge in [-0.2, -0.15) is 0 Å². The first-order valence-electron chi connectivity index (χ1n) is 23.9. The van der Waals surface area contributed by atoms with Crippen molar-refractivity contribution in [2.45, 2.75) is 68.0 Å². The van der Waals surface area contributed by atoms with Crippen molar-refractivity contribution in [3.63, 3.8) is 0 Å². The fraction of sp³-hybridized carbons (Fsp3) is 0.250. The van der Waals surface area contributed by atoms with Gasteiger partial charge in [0.2, 0.25) is 0 Å². The molecule has 1 fully saturated rings. The summed E-state index contributed by atoms with van der Waals surface area (Å²) in [6.45, 7) is 0.860. The highest BCUT2D eigenvalue weighted by molar-refractivity contribution is 5.86. The minimum Gasteiger partial charge on any atom is -0.402 e. The zero-order chi connectivity index (χ0) is 43.7. The number of fused-ring (bicyclic) bond motifs is 4. The van der Waals surface area contributed by atoms with Crippen LogP contribution >= 0.6 is 0 Å². The summed E-state index contributed by atoms with van der Waals surface area (Å²) in [4.78, 5) is 2.52. The third kappa shape index (κ3) is 8.08. The van der Waals surface area contributed by atoms with Crippen molar-refractivity contribution in [3.05, 3.63) is 250 Å². The van der Waals surface area contributed by atoms with E-state index in [9.17, 15) is 0 Å². The predicted molar refractivity (Wildman–Crippen MR) is 269 cm³/mol. The predicted octanol–water partition coefficient (Wildman–Crippen LogP) is 12.4. The van der Waals surface area contributed by atoms with E-state index in [1.54, 1.807) is 6.21 Å². The lowest BCUT2D eigenvalue weighted by atomic mass is 9.75. The molecule has 4 aromatic carbocycles. The number of nitrogens with zero attached hydrogens (tertiary/aromatic N) is 1. The van der Waals surface area contributed by atoms with E-state index in [0.29, 0.717) is 23.9 Å². The van der Waals surface area contributed by atoms with E-state index in [-0.39, 0.29) is 29.7 Å². The van der Waals surface area contributed by atoms with Gasteiger partial charge < -0.3 is 26.7 Å². The average Bonchev–Trinajstić information content (AvgIpc) is 4.09. The van der Waals surface area contributed by atoms with Crippen molar-refractivity contribution >= 4 is 17.5 Å². The maximum atomic E-state index is 8.67. The van der Waals surface area contributed by atoms with E-state index < -0.39 is 0 Å². The SMILES string of the molecule is N=CC(c1ccccc1)C1NC(C2C=CC=CC2)=C(C2=CC=C(C(/C=C(\N)C3C=CC(N4c5ccccc5C5C=CC=CC54)=CC3)CNC3CC3c3ccccc3)CC2)c2ccccc21. The Hall–Kier alpha value is -6.69. The van der Waals surface area contributed by atoms with Crippen molar-refractivity contribution in [1.82, 2.24) is 10.6 Å². The van der Waals surface area contributed by atoms with Gasteiger partial charge in [0.25, 0.3) is 0 Å². The Labute approximate surface area is 385 Å². The Kier molecular flexibility index (Phi) is 11.4. The maximum Gasteiger partial charge on any atom is 0.0635 e. The molecule has 0 radical (unpaired) electrons. The lowest BCUT2D eigenvalue weighted by molar-refractivity contribution is 0.518. The van der Waals surface area contributed by atoms with Crippen LogP contribution in [0.4, 0.5) is 5.69 Å². The number of para-hydroxylation sites is 1. The number of anilines is 1. The van der Waals surface area contributed by atoms with Crippen LogP contribution in [0.25, 0.3) is 5.57 Å². The lowest BCUT2D eigenvalue weighted by Crippen LogP contribution is -2.35. The number of benzene rings is 4. The highest BCUT2D eigenvalue weighted by Crippen LogP contribution is 2.49. The molecule has 11 rings (SSSR count). The highest BCUT2D eigenvalue weighted by atomic mass is 15.2. The fourth-order valence-electron chi connectivity index (χ4n) is 11.5. The van der Waals surface area contributed by atoms with Gasteiger partial charge in [0.15, 0.2) is 0 Å². The summed E-state index contributed by atoms with van der Waals surface area (Å²) in [6, 6.07) is 40.0. The van der Waals surface area contributed by atoms with E-state index in [4.69, 9.17) is 11.1 Å². The van der Waals surface area contributed by atoms with Crippen molar-refractivity contribution in [3.8, 4) is 0 Å². The van der Waals surface area contributed by atoms with Crippen molar-refractivity contribution in [2.24, 2.45) is 23.5 Å². The summed E-state index contributed by atoms with van der Waals surface area (Å²) < 4.78 is 0. The van der Waals surface area contributed by atoms with Crippen LogP contribution in [-0.4, -0.2) is 24.8 Å². The van der Waals surface area contributed by atoms with Gasteiger partial charge in [-0.25, -0.2) is 0 Å². The Morgan fingerprint density at radius 1 is 0.800 bits per heavy atom. The molecule has 5 aliphatic carbocycles. The van der Waals surface area contributed by atoms with E-state index in [1.165, 1.54) is 62.5 Å². The molecule has 2 aliphatic heterocycles. The Balaban J connectivity index is 0.894. The summed E-state index contributed by atoms with van der Waals surface area (Å²) >= 11 is 0. The molecule has 9 atom stereocenters. The van der Waals surface area contributed by atoms with Crippen LogP contribution in [0, 0.1) is 23.2 Å². The number of hydrogen-bond donors (Lipinski definition) is 4. The van der Waals surface area contributed by atoms with Crippen LogP contribution in [0.3, 0.4) is 0 Å². The standard InChI is InChI=1S/C60H59N5/c61-38-53(42-18-6-2-7-19-42)60-51-25-11-10-24-50(51)58(59(64-60)45-20-8-3-9-21-45)44-30-28-40(29-31-44)46(39-63-55-37-52(55)41-16-4-1-5-17-41)36-54(62)43-32-34-47(35-33-43)65-56-26-14-12-22-48(56)49-23-13-15-27-57(49)65/h1-20,22-28,30,32,34-36,38,43,45-46,48,52-53,55-56,60-61,63-64H,21,29,31,33,37,39,62H2/b54-36-,61-38?. The number of hydrogen-bond acceptors (Lipinski definition) is 5. The Bertz CT molecular complexity index is 2760. The first-order valence-corrected chi connectivity index (χ1v) is 23.9. The molecule has 5 nitrogen and oxygen atoms in total. The zero-order valence-corrected chi connectivity index (χ0v) is 37.0. The monoisotopic (exact) mass is 849 g/mol. The second-order valence-corrected chi connectivity index (χ2v) is 18.8. The quantitative estimate of drug-likeness (QED) is 0.101. The highest BCUT2D eigenvalue weighted by Gasteiger charge is 2.40. The average molecular weight is 850 g/mol. The van der Waals surface area contributed by atoms with Gasteiger partial charge in [-0.05, 0) is 77.6 Å². The van der Waals surface area contributed by atoms with Crippen LogP contribution in [0.15, 0.2) is 222 Å². The zero-order valence-electron chi connectivity index (χ0n) is 37.0. The summed E-state index contributed by atoms with van der Waals surface area (Å²) in [6.07, 6.45) is 38.8. The minimum atomic E-state index is -0.0980. The first kappa shape index (κ1) is 41.0. The van der Waals surface area contributed by atoms with Gasteiger partial charge in [0, 0.05) is 82.7 Å². The molecular weight excluding hydrogens is 791 g/mol. The second kappa shape index (κ2) is 18.1. The van der Waals surface area contributed by atoms with Gasteiger partial charge in [-0.15, -0.1) is 0 Å². The normalized spacial score (nSPS) is 27.1. The van der Waals surface area contributed by atoms with Crippen LogP contribution in [0.5, 0.6) is 0 Å². The molecule has 4 aromatic rings. The van der Waals surface area contributed by atoms with Gasteiger partial charge in [0.1, 0.15) is 0 Å². The molecule has 65 heavy (non-hydrogen) atoms. The van der Waals surface area contributed by atoms with Crippen LogP contribution < -0.4 is 21.3 Å². The molecule has 9 unspecified atom stereocenters. The molecule has 0 spiro atoms. The van der Waals surface area contributed by atoms with E-state index >= 15 is 0 Å². The molecule has 5 N–H and O–H groups in total. The third-order valence-electron chi connectivity index (χ3n) is 15.0. The molecule has 0 aromatic heterocycles. The molecule has 5 heteroatoms. The fourth-order valence-corrected chi connectivity index (χ4v) is 11.5. The largest absolute Gasteiger partial charge is 0.402 e. The third-order valence-corrected chi connectivity index (χ3v) is 15.0. The Morgan fingerprint density at radius 2 is 1.57 bits per heavy atom. The summed E-state index contributed by atoms with van der Waals surface area (Å²) in [5.41, 5.74) is 22.6. The minimum absolute atomic E-state index is 0.0470. The van der Waals surface area contributed by atoms with Gasteiger partial charge >= 0.3 is 0 Å². The number of rotatable bonds is 13. The van der Waals surface area contributed by atoms with E-state index in [2.05, 4.69) is 210 Å². The molecule has 324 valence electrons. The summed E-state index contributed by atoms with van der Waals surface area (Å²) in [5.74, 6) is 1.38.